The Bertz CT molecular complexity index is 444. The fourth-order valence-electron chi connectivity index (χ4n) is 1.44. The summed E-state index contributed by atoms with van der Waals surface area (Å²) in [6, 6.07) is 5.07. The third-order valence-corrected chi connectivity index (χ3v) is 2.39. The molecule has 6 heteroatoms. The highest BCUT2D eigenvalue weighted by Gasteiger charge is 2.26. The molecular weight excluding hydrogens is 238 g/mol. The van der Waals surface area contributed by atoms with Gasteiger partial charge in [-0.2, -0.15) is 0 Å². The summed E-state index contributed by atoms with van der Waals surface area (Å²) < 4.78 is 5.00. The summed E-state index contributed by atoms with van der Waals surface area (Å²) in [6.07, 6.45) is -1.19. The van der Waals surface area contributed by atoms with E-state index in [2.05, 4.69) is 5.32 Å². The molecule has 0 spiro atoms. The van der Waals surface area contributed by atoms with Gasteiger partial charge in [-0.05, 0) is 19.1 Å². The topological polar surface area (TPSA) is 95.9 Å². The fraction of sp³-hybridized carbons (Fsp3) is 0.333. The number of carboxylic acid groups (broad SMARTS) is 1. The van der Waals surface area contributed by atoms with Crippen LogP contribution in [0, 0.1) is 0 Å². The standard InChI is InChI=1S/C12H15NO5/c1-7(14)10(12(16)17)13-11(15)8-5-3-4-6-9(8)18-2/h3-7,10,14H,1-2H3,(H,13,15)(H,16,17)/t7-,10+/m0/s1. The van der Waals surface area contributed by atoms with Crippen LogP contribution in [0.1, 0.15) is 17.3 Å². The number of carbonyl (C=O) groups is 2. The second-order valence-corrected chi connectivity index (χ2v) is 3.73. The smallest absolute Gasteiger partial charge is 0.328 e. The summed E-state index contributed by atoms with van der Waals surface area (Å²) in [4.78, 5) is 22.7. The van der Waals surface area contributed by atoms with Crippen LogP contribution in [-0.2, 0) is 4.79 Å². The molecule has 1 rings (SSSR count). The largest absolute Gasteiger partial charge is 0.496 e. The molecule has 0 bridgehead atoms. The van der Waals surface area contributed by atoms with Crippen molar-refractivity contribution in [1.29, 1.82) is 0 Å². The van der Waals surface area contributed by atoms with Gasteiger partial charge in [-0.25, -0.2) is 4.79 Å². The molecule has 0 unspecified atom stereocenters. The van der Waals surface area contributed by atoms with Crippen molar-refractivity contribution in [2.24, 2.45) is 0 Å². The Hall–Kier alpha value is -2.08. The summed E-state index contributed by atoms with van der Waals surface area (Å²) in [5, 5.41) is 20.4. The van der Waals surface area contributed by atoms with Crippen LogP contribution < -0.4 is 10.1 Å². The predicted octanol–water partition coefficient (Wildman–Crippen LogP) is 0.259. The first-order valence-electron chi connectivity index (χ1n) is 5.32. The lowest BCUT2D eigenvalue weighted by Gasteiger charge is -2.17. The molecule has 0 saturated heterocycles. The first-order chi connectivity index (χ1) is 8.47. The molecule has 0 heterocycles. The molecular formula is C12H15NO5. The van der Waals surface area contributed by atoms with E-state index < -0.39 is 24.0 Å². The van der Waals surface area contributed by atoms with Gasteiger partial charge in [0.25, 0.3) is 5.91 Å². The lowest BCUT2D eigenvalue weighted by Crippen LogP contribution is -2.47. The van der Waals surface area contributed by atoms with Crippen molar-refractivity contribution in [1.82, 2.24) is 5.32 Å². The molecule has 3 N–H and O–H groups in total. The van der Waals surface area contributed by atoms with E-state index in [1.54, 1.807) is 18.2 Å². The van der Waals surface area contributed by atoms with Crippen molar-refractivity contribution in [3.8, 4) is 5.75 Å². The molecule has 0 fully saturated rings. The third kappa shape index (κ3) is 3.21. The number of aliphatic carboxylic acids is 1. The van der Waals surface area contributed by atoms with Crippen LogP contribution in [0.15, 0.2) is 24.3 Å². The van der Waals surface area contributed by atoms with E-state index in [4.69, 9.17) is 9.84 Å². The predicted molar refractivity (Wildman–Crippen MR) is 63.6 cm³/mol. The summed E-state index contributed by atoms with van der Waals surface area (Å²) in [6.45, 7) is 1.29. The highest BCUT2D eigenvalue weighted by Crippen LogP contribution is 2.17. The Balaban J connectivity index is 2.90. The Kier molecular flexibility index (Phi) is 4.67. The Labute approximate surface area is 104 Å². The number of benzene rings is 1. The van der Waals surface area contributed by atoms with Gasteiger partial charge in [0.05, 0.1) is 18.8 Å². The quantitative estimate of drug-likeness (QED) is 0.699. The zero-order valence-corrected chi connectivity index (χ0v) is 10.1. The molecule has 6 nitrogen and oxygen atoms in total. The minimum atomic E-state index is -1.36. The van der Waals surface area contributed by atoms with Crippen LogP contribution in [-0.4, -0.2) is 41.3 Å². The second-order valence-electron chi connectivity index (χ2n) is 3.73. The van der Waals surface area contributed by atoms with Crippen molar-refractivity contribution < 1.29 is 24.5 Å². The monoisotopic (exact) mass is 253 g/mol. The van der Waals surface area contributed by atoms with E-state index >= 15 is 0 Å². The number of nitrogens with one attached hydrogen (secondary N) is 1. The maximum atomic E-state index is 11.9. The summed E-state index contributed by atoms with van der Waals surface area (Å²) in [7, 11) is 1.41. The van der Waals surface area contributed by atoms with Crippen LogP contribution in [0.25, 0.3) is 0 Å². The van der Waals surface area contributed by atoms with Crippen molar-refractivity contribution >= 4 is 11.9 Å². The SMILES string of the molecule is COc1ccccc1C(=O)N[C@@H](C(=O)O)[C@H](C)O. The summed E-state index contributed by atoms with van der Waals surface area (Å²) in [5.41, 5.74) is 0.215. The number of para-hydroxylation sites is 1. The van der Waals surface area contributed by atoms with Crippen LogP contribution in [0.4, 0.5) is 0 Å². The zero-order chi connectivity index (χ0) is 13.7. The van der Waals surface area contributed by atoms with E-state index in [-0.39, 0.29) is 5.56 Å². The minimum absolute atomic E-state index is 0.215. The van der Waals surface area contributed by atoms with Gasteiger partial charge in [0.2, 0.25) is 0 Å². The fourth-order valence-corrected chi connectivity index (χ4v) is 1.44. The first kappa shape index (κ1) is 14.0. The van der Waals surface area contributed by atoms with Gasteiger partial charge in [0, 0.05) is 0 Å². The van der Waals surface area contributed by atoms with Crippen LogP contribution in [0.5, 0.6) is 5.75 Å². The molecule has 1 aromatic carbocycles. The second kappa shape index (κ2) is 6.02. The molecule has 0 aliphatic rings. The molecule has 2 atom stereocenters. The number of aliphatic hydroxyl groups is 1. The molecule has 0 saturated carbocycles. The lowest BCUT2D eigenvalue weighted by molar-refractivity contribution is -0.141. The minimum Gasteiger partial charge on any atom is -0.496 e. The van der Waals surface area contributed by atoms with Gasteiger partial charge in [0.1, 0.15) is 5.75 Å². The van der Waals surface area contributed by atoms with Gasteiger partial charge in [0.15, 0.2) is 6.04 Å². The summed E-state index contributed by atoms with van der Waals surface area (Å²) in [5.74, 6) is -1.57. The average molecular weight is 253 g/mol. The zero-order valence-electron chi connectivity index (χ0n) is 10.1. The van der Waals surface area contributed by atoms with Crippen LogP contribution >= 0.6 is 0 Å². The first-order valence-corrected chi connectivity index (χ1v) is 5.32. The highest BCUT2D eigenvalue weighted by molar-refractivity contribution is 5.99. The normalized spacial score (nSPS) is 13.5. The maximum Gasteiger partial charge on any atom is 0.328 e. The van der Waals surface area contributed by atoms with Crippen molar-refractivity contribution in [2.45, 2.75) is 19.1 Å². The lowest BCUT2D eigenvalue weighted by atomic mass is 10.1. The van der Waals surface area contributed by atoms with E-state index in [1.807, 2.05) is 0 Å². The van der Waals surface area contributed by atoms with Crippen LogP contribution in [0.2, 0.25) is 0 Å². The molecule has 0 radical (unpaired) electrons. The number of hydrogen-bond acceptors (Lipinski definition) is 4. The number of hydrogen-bond donors (Lipinski definition) is 3. The number of methoxy groups -OCH3 is 1. The Morgan fingerprint density at radius 3 is 2.44 bits per heavy atom. The molecule has 0 aromatic heterocycles. The van der Waals surface area contributed by atoms with Gasteiger partial charge in [-0.3, -0.25) is 4.79 Å². The Morgan fingerprint density at radius 2 is 1.94 bits per heavy atom. The van der Waals surface area contributed by atoms with Gasteiger partial charge < -0.3 is 20.3 Å². The van der Waals surface area contributed by atoms with Crippen molar-refractivity contribution in [3.63, 3.8) is 0 Å². The molecule has 0 aliphatic heterocycles. The van der Waals surface area contributed by atoms with E-state index in [9.17, 15) is 14.7 Å². The summed E-state index contributed by atoms with van der Waals surface area (Å²) >= 11 is 0. The number of carboxylic acids is 1. The number of amides is 1. The van der Waals surface area contributed by atoms with E-state index in [0.717, 1.165) is 0 Å². The number of ether oxygens (including phenoxy) is 1. The van der Waals surface area contributed by atoms with Crippen LogP contribution in [0.3, 0.4) is 0 Å². The molecule has 1 aromatic rings. The molecule has 98 valence electrons. The molecule has 0 aliphatic carbocycles. The maximum absolute atomic E-state index is 11.9. The molecule has 1 amide bonds. The Morgan fingerprint density at radius 1 is 1.33 bits per heavy atom. The van der Waals surface area contributed by atoms with Gasteiger partial charge >= 0.3 is 5.97 Å². The van der Waals surface area contributed by atoms with Gasteiger partial charge in [-0.15, -0.1) is 0 Å². The molecule has 18 heavy (non-hydrogen) atoms. The number of rotatable bonds is 5. The van der Waals surface area contributed by atoms with E-state index in [0.29, 0.717) is 5.75 Å². The average Bonchev–Trinajstić information content (AvgIpc) is 2.34. The van der Waals surface area contributed by atoms with E-state index in [1.165, 1.54) is 20.1 Å². The van der Waals surface area contributed by atoms with Crippen molar-refractivity contribution in [3.05, 3.63) is 29.8 Å². The van der Waals surface area contributed by atoms with Gasteiger partial charge in [-0.1, -0.05) is 12.1 Å². The van der Waals surface area contributed by atoms with Crippen molar-refractivity contribution in [2.75, 3.05) is 7.11 Å². The number of carbonyl (C=O) groups excluding carboxylic acids is 1. The third-order valence-electron chi connectivity index (χ3n) is 2.39. The highest BCUT2D eigenvalue weighted by atomic mass is 16.5. The number of aliphatic hydroxyl groups excluding tert-OH is 1.